The summed E-state index contributed by atoms with van der Waals surface area (Å²) in [5, 5.41) is 0. The van der Waals surface area contributed by atoms with Crippen LogP contribution in [0.5, 0.6) is 5.75 Å². The van der Waals surface area contributed by atoms with Crippen LogP contribution in [0.15, 0.2) is 24.3 Å². The first kappa shape index (κ1) is 21.1. The number of carbonyl (C=O) groups excluding carboxylic acids is 3. The molecule has 0 spiro atoms. The number of amides is 3. The van der Waals surface area contributed by atoms with Crippen LogP contribution in [0.3, 0.4) is 0 Å². The third kappa shape index (κ3) is 4.54. The van der Waals surface area contributed by atoms with E-state index in [1.807, 2.05) is 34.1 Å². The molecule has 0 N–H and O–H groups in total. The van der Waals surface area contributed by atoms with E-state index in [9.17, 15) is 14.4 Å². The highest BCUT2D eigenvalue weighted by Gasteiger charge is 2.45. The Morgan fingerprint density at radius 2 is 1.69 bits per heavy atom. The lowest BCUT2D eigenvalue weighted by Crippen LogP contribution is -2.52. The summed E-state index contributed by atoms with van der Waals surface area (Å²) in [7, 11) is 1.62. The molecule has 7 heteroatoms. The van der Waals surface area contributed by atoms with Gasteiger partial charge in [-0.1, -0.05) is 25.5 Å². The number of nitrogens with zero attached hydrogens (tertiary/aromatic N) is 3. The van der Waals surface area contributed by atoms with Gasteiger partial charge in [0, 0.05) is 46.1 Å². The van der Waals surface area contributed by atoms with Gasteiger partial charge in [-0.3, -0.25) is 14.4 Å². The molecule has 1 aromatic rings. The van der Waals surface area contributed by atoms with E-state index in [0.717, 1.165) is 24.2 Å². The Kier molecular flexibility index (Phi) is 6.77. The lowest BCUT2D eigenvalue weighted by Gasteiger charge is -2.37. The molecule has 0 saturated carbocycles. The molecule has 2 saturated heterocycles. The number of rotatable bonds is 6. The average molecular weight is 402 g/mol. The number of hydrogen-bond acceptors (Lipinski definition) is 4. The second kappa shape index (κ2) is 9.29. The summed E-state index contributed by atoms with van der Waals surface area (Å²) in [5.41, 5.74) is 0.966. The summed E-state index contributed by atoms with van der Waals surface area (Å²) in [6.07, 6.45) is 2.15. The third-order valence-corrected chi connectivity index (χ3v) is 6.00. The van der Waals surface area contributed by atoms with E-state index < -0.39 is 5.92 Å². The van der Waals surface area contributed by atoms with Crippen LogP contribution >= 0.6 is 0 Å². The molecule has 1 aromatic carbocycles. The van der Waals surface area contributed by atoms with Gasteiger partial charge >= 0.3 is 0 Å². The van der Waals surface area contributed by atoms with Crippen molar-refractivity contribution in [1.29, 1.82) is 0 Å². The standard InChI is InChI=1S/C22H31N3O4/c1-4-5-10-25-20(27)15-19(21(25)17-6-8-18(29-3)9-7-17)22(28)24-13-11-23(12-14-24)16(2)26/h6-9,19,21H,4-5,10-15H2,1-3H3/t19-,21-/m1/s1. The molecule has 3 rings (SSSR count). The van der Waals surface area contributed by atoms with Crippen LogP contribution in [-0.4, -0.2) is 72.3 Å². The number of benzene rings is 1. The van der Waals surface area contributed by atoms with E-state index in [-0.39, 0.29) is 30.2 Å². The fraction of sp³-hybridized carbons (Fsp3) is 0.591. The molecule has 158 valence electrons. The molecule has 7 nitrogen and oxygen atoms in total. The molecule has 0 aromatic heterocycles. The third-order valence-electron chi connectivity index (χ3n) is 6.00. The monoisotopic (exact) mass is 401 g/mol. The smallest absolute Gasteiger partial charge is 0.228 e. The first-order valence-corrected chi connectivity index (χ1v) is 10.4. The van der Waals surface area contributed by atoms with Crippen LogP contribution in [0.4, 0.5) is 0 Å². The van der Waals surface area contributed by atoms with Gasteiger partial charge in [-0.25, -0.2) is 0 Å². The van der Waals surface area contributed by atoms with Crippen molar-refractivity contribution in [3.8, 4) is 5.75 Å². The van der Waals surface area contributed by atoms with Crippen LogP contribution in [0.25, 0.3) is 0 Å². The summed E-state index contributed by atoms with van der Waals surface area (Å²) < 4.78 is 5.26. The van der Waals surface area contributed by atoms with Crippen LogP contribution in [0.2, 0.25) is 0 Å². The first-order chi connectivity index (χ1) is 14.0. The van der Waals surface area contributed by atoms with Crippen molar-refractivity contribution in [1.82, 2.24) is 14.7 Å². The van der Waals surface area contributed by atoms with Gasteiger partial charge in [0.2, 0.25) is 17.7 Å². The molecule has 0 aliphatic carbocycles. The predicted molar refractivity (Wildman–Crippen MR) is 109 cm³/mol. The Morgan fingerprint density at radius 3 is 2.24 bits per heavy atom. The highest BCUT2D eigenvalue weighted by atomic mass is 16.5. The topological polar surface area (TPSA) is 70.2 Å². The summed E-state index contributed by atoms with van der Waals surface area (Å²) in [6, 6.07) is 7.41. The summed E-state index contributed by atoms with van der Waals surface area (Å²) >= 11 is 0. The van der Waals surface area contributed by atoms with Gasteiger partial charge in [0.1, 0.15) is 5.75 Å². The molecule has 2 heterocycles. The molecule has 2 aliphatic heterocycles. The minimum absolute atomic E-state index is 0.0152. The van der Waals surface area contributed by atoms with E-state index in [2.05, 4.69) is 6.92 Å². The quantitative estimate of drug-likeness (QED) is 0.732. The number of likely N-dealkylation sites (tertiary alicyclic amines) is 1. The van der Waals surface area contributed by atoms with Crippen LogP contribution in [-0.2, 0) is 14.4 Å². The molecule has 2 fully saturated rings. The van der Waals surface area contributed by atoms with Crippen molar-refractivity contribution in [2.24, 2.45) is 5.92 Å². The summed E-state index contributed by atoms with van der Waals surface area (Å²) in [5.74, 6) is 0.453. The minimum atomic E-state index is -0.392. The number of hydrogen-bond donors (Lipinski definition) is 0. The first-order valence-electron chi connectivity index (χ1n) is 10.4. The lowest BCUT2D eigenvalue weighted by atomic mass is 9.92. The molecular weight excluding hydrogens is 370 g/mol. The number of ether oxygens (including phenoxy) is 1. The summed E-state index contributed by atoms with van der Waals surface area (Å²) in [6.45, 7) is 6.45. The Morgan fingerprint density at radius 1 is 1.07 bits per heavy atom. The normalized spacial score (nSPS) is 22.2. The molecule has 0 unspecified atom stereocenters. The molecule has 2 aliphatic rings. The average Bonchev–Trinajstić information content (AvgIpc) is 3.07. The van der Waals surface area contributed by atoms with Crippen LogP contribution < -0.4 is 4.74 Å². The van der Waals surface area contributed by atoms with Crippen molar-refractivity contribution >= 4 is 17.7 Å². The zero-order valence-corrected chi connectivity index (χ0v) is 17.6. The zero-order chi connectivity index (χ0) is 21.0. The lowest BCUT2D eigenvalue weighted by molar-refractivity contribution is -0.142. The van der Waals surface area contributed by atoms with Crippen molar-refractivity contribution < 1.29 is 19.1 Å². The fourth-order valence-electron chi connectivity index (χ4n) is 4.29. The van der Waals surface area contributed by atoms with Gasteiger partial charge in [-0.05, 0) is 24.1 Å². The maximum absolute atomic E-state index is 13.4. The number of unbranched alkanes of at least 4 members (excludes halogenated alkanes) is 1. The SMILES string of the molecule is CCCCN1C(=O)C[C@@H](C(=O)N2CCN(C(C)=O)CC2)[C@H]1c1ccc(OC)cc1. The highest BCUT2D eigenvalue weighted by molar-refractivity contribution is 5.90. The maximum atomic E-state index is 13.4. The van der Waals surface area contributed by atoms with Gasteiger partial charge < -0.3 is 19.4 Å². The second-order valence-electron chi connectivity index (χ2n) is 7.80. The molecule has 29 heavy (non-hydrogen) atoms. The minimum Gasteiger partial charge on any atom is -0.497 e. The Balaban J connectivity index is 1.81. The Bertz CT molecular complexity index is 741. The molecule has 2 atom stereocenters. The van der Waals surface area contributed by atoms with Crippen molar-refractivity contribution in [2.75, 3.05) is 39.8 Å². The van der Waals surface area contributed by atoms with E-state index in [1.54, 1.807) is 18.9 Å². The largest absolute Gasteiger partial charge is 0.497 e. The van der Waals surface area contributed by atoms with Crippen LogP contribution in [0, 0.1) is 5.92 Å². The molecule has 0 radical (unpaired) electrons. The van der Waals surface area contributed by atoms with Crippen molar-refractivity contribution in [2.45, 2.75) is 39.2 Å². The second-order valence-corrected chi connectivity index (χ2v) is 7.80. The molecular formula is C22H31N3O4. The van der Waals surface area contributed by atoms with E-state index >= 15 is 0 Å². The van der Waals surface area contributed by atoms with Crippen molar-refractivity contribution in [3.05, 3.63) is 29.8 Å². The number of carbonyl (C=O) groups is 3. The summed E-state index contributed by atoms with van der Waals surface area (Å²) in [4.78, 5) is 43.2. The Labute approximate surface area is 172 Å². The highest BCUT2D eigenvalue weighted by Crippen LogP contribution is 2.40. The van der Waals surface area contributed by atoms with Gasteiger partial charge in [0.25, 0.3) is 0 Å². The zero-order valence-electron chi connectivity index (χ0n) is 17.6. The van der Waals surface area contributed by atoms with Gasteiger partial charge in [0.15, 0.2) is 0 Å². The molecule has 0 bridgehead atoms. The van der Waals surface area contributed by atoms with Gasteiger partial charge in [-0.15, -0.1) is 0 Å². The van der Waals surface area contributed by atoms with Gasteiger partial charge in [-0.2, -0.15) is 0 Å². The van der Waals surface area contributed by atoms with Crippen molar-refractivity contribution in [3.63, 3.8) is 0 Å². The Hall–Kier alpha value is -2.57. The number of methoxy groups -OCH3 is 1. The molecule has 3 amide bonds. The van der Waals surface area contributed by atoms with E-state index in [1.165, 1.54) is 0 Å². The maximum Gasteiger partial charge on any atom is 0.228 e. The number of piperazine rings is 1. The van der Waals surface area contributed by atoms with Gasteiger partial charge in [0.05, 0.1) is 19.1 Å². The predicted octanol–water partition coefficient (Wildman–Crippen LogP) is 2.08. The van der Waals surface area contributed by atoms with Crippen LogP contribution in [0.1, 0.15) is 44.7 Å². The van der Waals surface area contributed by atoms with E-state index in [4.69, 9.17) is 4.74 Å². The van der Waals surface area contributed by atoms with E-state index in [0.29, 0.717) is 32.7 Å². The fourth-order valence-corrected chi connectivity index (χ4v) is 4.29.